The van der Waals surface area contributed by atoms with E-state index in [9.17, 15) is 4.79 Å². The molecule has 24 heavy (non-hydrogen) atoms. The van der Waals surface area contributed by atoms with Crippen molar-refractivity contribution < 1.29 is 9.53 Å². The fraction of sp³-hybridized carbons (Fsp3) is 0.500. The normalized spacial score (nSPS) is 12.1. The molecule has 0 bridgehead atoms. The number of nitrogens with zero attached hydrogens (tertiary/aromatic N) is 2. The highest BCUT2D eigenvalue weighted by Crippen LogP contribution is 2.25. The Morgan fingerprint density at radius 1 is 1.08 bits per heavy atom. The predicted octanol–water partition coefficient (Wildman–Crippen LogP) is 4.40. The van der Waals surface area contributed by atoms with Crippen molar-refractivity contribution in [2.75, 3.05) is 5.32 Å². The lowest BCUT2D eigenvalue weighted by atomic mass is 9.87. The van der Waals surface area contributed by atoms with E-state index in [0.29, 0.717) is 11.7 Å². The van der Waals surface area contributed by atoms with Crippen molar-refractivity contribution in [3.05, 3.63) is 34.8 Å². The molecule has 0 atom stereocenters. The lowest BCUT2D eigenvalue weighted by Gasteiger charge is -2.19. The molecule has 1 aromatic heterocycles. The molecule has 1 heterocycles. The topological polar surface area (TPSA) is 64.1 Å². The van der Waals surface area contributed by atoms with E-state index in [1.165, 1.54) is 16.9 Å². The summed E-state index contributed by atoms with van der Waals surface area (Å²) in [5.74, 6) is 0.711. The molecule has 1 aromatic carbocycles. The van der Waals surface area contributed by atoms with Crippen molar-refractivity contribution in [1.29, 1.82) is 0 Å². The molecule has 1 amide bonds. The number of anilines is 1. The standard InChI is InChI=1S/C18H25N3O2S/c1-17(2,3)12-7-9-13(10-8-12)23-11-14-20-21-16(24-14)19-15(22)18(4,5)6/h7-10H,11H2,1-6H3,(H,19,21,22). The number of carbonyl (C=O) groups is 1. The number of aromatic nitrogens is 2. The van der Waals surface area contributed by atoms with Crippen LogP contribution in [0.15, 0.2) is 24.3 Å². The Labute approximate surface area is 147 Å². The van der Waals surface area contributed by atoms with E-state index in [-0.39, 0.29) is 11.3 Å². The van der Waals surface area contributed by atoms with Crippen molar-refractivity contribution in [3.63, 3.8) is 0 Å². The van der Waals surface area contributed by atoms with Gasteiger partial charge < -0.3 is 10.1 Å². The summed E-state index contributed by atoms with van der Waals surface area (Å²) in [6.45, 7) is 12.4. The highest BCUT2D eigenvalue weighted by molar-refractivity contribution is 7.15. The Morgan fingerprint density at radius 2 is 1.71 bits per heavy atom. The quantitative estimate of drug-likeness (QED) is 0.890. The molecule has 0 aliphatic rings. The molecule has 0 radical (unpaired) electrons. The summed E-state index contributed by atoms with van der Waals surface area (Å²) < 4.78 is 5.74. The average Bonchev–Trinajstić information content (AvgIpc) is 2.91. The third kappa shape index (κ3) is 5.03. The summed E-state index contributed by atoms with van der Waals surface area (Å²) in [7, 11) is 0. The van der Waals surface area contributed by atoms with Gasteiger partial charge in [-0.25, -0.2) is 0 Å². The van der Waals surface area contributed by atoms with Crippen molar-refractivity contribution in [1.82, 2.24) is 10.2 Å². The van der Waals surface area contributed by atoms with Gasteiger partial charge in [0.15, 0.2) is 5.01 Å². The van der Waals surface area contributed by atoms with Crippen LogP contribution < -0.4 is 10.1 Å². The van der Waals surface area contributed by atoms with Crippen molar-refractivity contribution in [2.45, 2.75) is 53.6 Å². The first-order valence-electron chi connectivity index (χ1n) is 7.93. The Balaban J connectivity index is 1.92. The highest BCUT2D eigenvalue weighted by atomic mass is 32.1. The molecule has 2 rings (SSSR count). The first-order chi connectivity index (χ1) is 11.1. The zero-order valence-corrected chi connectivity index (χ0v) is 16.0. The average molecular weight is 347 g/mol. The van der Waals surface area contributed by atoms with Crippen LogP contribution in [-0.4, -0.2) is 16.1 Å². The maximum atomic E-state index is 11.9. The fourth-order valence-corrected chi connectivity index (χ4v) is 2.49. The molecule has 6 heteroatoms. The van der Waals surface area contributed by atoms with Crippen LogP contribution in [0, 0.1) is 5.41 Å². The smallest absolute Gasteiger partial charge is 0.231 e. The SMILES string of the molecule is CC(C)(C)C(=O)Nc1nnc(COc2ccc(C(C)(C)C)cc2)s1. The van der Waals surface area contributed by atoms with Gasteiger partial charge in [-0.15, -0.1) is 10.2 Å². The highest BCUT2D eigenvalue weighted by Gasteiger charge is 2.22. The molecule has 0 saturated carbocycles. The summed E-state index contributed by atoms with van der Waals surface area (Å²) >= 11 is 1.32. The lowest BCUT2D eigenvalue weighted by Crippen LogP contribution is -2.27. The minimum absolute atomic E-state index is 0.0797. The second kappa shape index (κ2) is 6.89. The van der Waals surface area contributed by atoms with Crippen LogP contribution in [0.1, 0.15) is 52.1 Å². The van der Waals surface area contributed by atoms with Crippen LogP contribution in [0.4, 0.5) is 5.13 Å². The largest absolute Gasteiger partial charge is 0.486 e. The van der Waals surface area contributed by atoms with E-state index in [2.05, 4.69) is 48.4 Å². The number of rotatable bonds is 4. The fourth-order valence-electron chi connectivity index (χ4n) is 1.84. The molecule has 2 aromatic rings. The van der Waals surface area contributed by atoms with E-state index in [4.69, 9.17) is 4.74 Å². The van der Waals surface area contributed by atoms with E-state index < -0.39 is 5.41 Å². The molecule has 5 nitrogen and oxygen atoms in total. The first-order valence-corrected chi connectivity index (χ1v) is 8.74. The van der Waals surface area contributed by atoms with Gasteiger partial charge in [0.2, 0.25) is 11.0 Å². The van der Waals surface area contributed by atoms with Crippen molar-refractivity contribution in [3.8, 4) is 5.75 Å². The molecular formula is C18H25N3O2S. The van der Waals surface area contributed by atoms with E-state index in [1.54, 1.807) is 0 Å². The summed E-state index contributed by atoms with van der Waals surface area (Å²) in [5, 5.41) is 12.0. The molecule has 1 N–H and O–H groups in total. The van der Waals surface area contributed by atoms with Gasteiger partial charge in [-0.1, -0.05) is 65.0 Å². The monoisotopic (exact) mass is 347 g/mol. The first kappa shape index (κ1) is 18.4. The number of benzene rings is 1. The maximum absolute atomic E-state index is 11.9. The van der Waals surface area contributed by atoms with Gasteiger partial charge in [0.25, 0.3) is 0 Å². The van der Waals surface area contributed by atoms with E-state index >= 15 is 0 Å². The Hall–Kier alpha value is -1.95. The number of hydrogen-bond acceptors (Lipinski definition) is 5. The van der Waals surface area contributed by atoms with Crippen LogP contribution in [0.5, 0.6) is 5.75 Å². The minimum Gasteiger partial charge on any atom is -0.486 e. The van der Waals surface area contributed by atoms with E-state index in [1.807, 2.05) is 32.9 Å². The number of amides is 1. The van der Waals surface area contributed by atoms with Gasteiger partial charge in [0.1, 0.15) is 12.4 Å². The van der Waals surface area contributed by atoms with Crippen molar-refractivity contribution in [2.24, 2.45) is 5.41 Å². The van der Waals surface area contributed by atoms with Crippen molar-refractivity contribution >= 4 is 22.4 Å². The molecule has 0 aliphatic carbocycles. The number of hydrogen-bond donors (Lipinski definition) is 1. The summed E-state index contributed by atoms with van der Waals surface area (Å²) in [5.41, 5.74) is 0.924. The second-order valence-corrected chi connectivity index (χ2v) is 8.83. The molecule has 0 spiro atoms. The molecule has 0 aliphatic heterocycles. The van der Waals surface area contributed by atoms with Gasteiger partial charge in [-0.05, 0) is 23.1 Å². The molecule has 0 saturated heterocycles. The number of ether oxygens (including phenoxy) is 1. The number of carbonyl (C=O) groups excluding carboxylic acids is 1. The Bertz CT molecular complexity index is 694. The van der Waals surface area contributed by atoms with Gasteiger partial charge in [0.05, 0.1) is 0 Å². The van der Waals surface area contributed by atoms with Crippen LogP contribution in [-0.2, 0) is 16.8 Å². The lowest BCUT2D eigenvalue weighted by molar-refractivity contribution is -0.123. The predicted molar refractivity (Wildman–Crippen MR) is 97.5 cm³/mol. The van der Waals surface area contributed by atoms with Gasteiger partial charge in [-0.2, -0.15) is 0 Å². The number of nitrogens with one attached hydrogen (secondary N) is 1. The van der Waals surface area contributed by atoms with Gasteiger partial charge in [-0.3, -0.25) is 4.79 Å². The molecule has 0 unspecified atom stereocenters. The Morgan fingerprint density at radius 3 is 2.25 bits per heavy atom. The zero-order chi connectivity index (χ0) is 18.0. The van der Waals surface area contributed by atoms with Gasteiger partial charge >= 0.3 is 0 Å². The van der Waals surface area contributed by atoms with E-state index in [0.717, 1.165) is 10.8 Å². The van der Waals surface area contributed by atoms with Crippen LogP contribution in [0.2, 0.25) is 0 Å². The third-order valence-electron chi connectivity index (χ3n) is 3.45. The third-order valence-corrected chi connectivity index (χ3v) is 4.26. The van der Waals surface area contributed by atoms with Gasteiger partial charge in [0, 0.05) is 5.41 Å². The maximum Gasteiger partial charge on any atom is 0.231 e. The molecular weight excluding hydrogens is 322 g/mol. The van der Waals surface area contributed by atoms with Crippen LogP contribution in [0.25, 0.3) is 0 Å². The van der Waals surface area contributed by atoms with Crippen LogP contribution >= 0.6 is 11.3 Å². The van der Waals surface area contributed by atoms with Crippen LogP contribution in [0.3, 0.4) is 0 Å². The minimum atomic E-state index is -0.461. The Kier molecular flexibility index (Phi) is 5.28. The summed E-state index contributed by atoms with van der Waals surface area (Å²) in [4.78, 5) is 11.9. The zero-order valence-electron chi connectivity index (χ0n) is 15.1. The second-order valence-electron chi connectivity index (χ2n) is 7.77. The molecule has 130 valence electrons. The summed E-state index contributed by atoms with van der Waals surface area (Å²) in [6, 6.07) is 8.07. The molecule has 0 fully saturated rings. The summed E-state index contributed by atoms with van der Waals surface area (Å²) in [6.07, 6.45) is 0.